The Morgan fingerprint density at radius 3 is 2.36 bits per heavy atom. The van der Waals surface area contributed by atoms with E-state index in [1.807, 2.05) is 0 Å². The molecule has 0 aliphatic rings. The standard InChI is InChI=1S/C17H30O5/c1-3-5-6-7-8-10-15(18)11-9-12-17(20)22-14-13-21-16(19)4-2/h4,15,18H,2-3,5-14H2,1H3. The average molecular weight is 314 g/mol. The molecule has 0 aromatic carbocycles. The molecule has 0 radical (unpaired) electrons. The van der Waals surface area contributed by atoms with Gasteiger partial charge in [-0.1, -0.05) is 45.6 Å². The molecule has 0 spiro atoms. The van der Waals surface area contributed by atoms with Gasteiger partial charge in [-0.15, -0.1) is 0 Å². The Labute approximate surface area is 133 Å². The quantitative estimate of drug-likeness (QED) is 0.303. The highest BCUT2D eigenvalue weighted by atomic mass is 16.6. The Hall–Kier alpha value is -1.36. The van der Waals surface area contributed by atoms with Crippen molar-refractivity contribution in [1.82, 2.24) is 0 Å². The van der Waals surface area contributed by atoms with Gasteiger partial charge in [-0.25, -0.2) is 4.79 Å². The first-order valence-corrected chi connectivity index (χ1v) is 8.23. The van der Waals surface area contributed by atoms with Crippen LogP contribution in [0.15, 0.2) is 12.7 Å². The zero-order chi connectivity index (χ0) is 16.6. The van der Waals surface area contributed by atoms with Gasteiger partial charge < -0.3 is 14.6 Å². The minimum absolute atomic E-state index is 0.0387. The van der Waals surface area contributed by atoms with Crippen molar-refractivity contribution in [2.45, 2.75) is 70.8 Å². The summed E-state index contributed by atoms with van der Waals surface area (Å²) in [6, 6.07) is 0. The lowest BCUT2D eigenvalue weighted by Crippen LogP contribution is -2.13. The van der Waals surface area contributed by atoms with Crippen LogP contribution in [0.5, 0.6) is 0 Å². The largest absolute Gasteiger partial charge is 0.462 e. The molecule has 0 aromatic heterocycles. The Balaban J connectivity index is 3.42. The van der Waals surface area contributed by atoms with E-state index in [1.54, 1.807) is 0 Å². The van der Waals surface area contributed by atoms with E-state index in [0.29, 0.717) is 12.8 Å². The summed E-state index contributed by atoms with van der Waals surface area (Å²) in [6.45, 7) is 5.53. The number of ether oxygens (including phenoxy) is 2. The highest BCUT2D eigenvalue weighted by molar-refractivity contribution is 5.81. The average Bonchev–Trinajstić information content (AvgIpc) is 2.51. The summed E-state index contributed by atoms with van der Waals surface area (Å²) in [5, 5.41) is 9.80. The van der Waals surface area contributed by atoms with Crippen LogP contribution >= 0.6 is 0 Å². The molecular weight excluding hydrogens is 284 g/mol. The van der Waals surface area contributed by atoms with E-state index >= 15 is 0 Å². The Morgan fingerprint density at radius 1 is 1.05 bits per heavy atom. The molecule has 1 unspecified atom stereocenters. The second-order valence-electron chi connectivity index (χ2n) is 5.34. The maximum Gasteiger partial charge on any atom is 0.330 e. The molecule has 5 heteroatoms. The van der Waals surface area contributed by atoms with Gasteiger partial charge in [-0.3, -0.25) is 4.79 Å². The van der Waals surface area contributed by atoms with Crippen molar-refractivity contribution in [3.05, 3.63) is 12.7 Å². The van der Waals surface area contributed by atoms with E-state index in [4.69, 9.17) is 4.74 Å². The van der Waals surface area contributed by atoms with Gasteiger partial charge in [-0.2, -0.15) is 0 Å². The van der Waals surface area contributed by atoms with Gasteiger partial charge in [0.05, 0.1) is 6.10 Å². The number of aliphatic hydroxyl groups is 1. The zero-order valence-corrected chi connectivity index (χ0v) is 13.7. The Bertz CT molecular complexity index is 314. The maximum atomic E-state index is 11.4. The van der Waals surface area contributed by atoms with Crippen LogP contribution < -0.4 is 0 Å². The molecule has 5 nitrogen and oxygen atoms in total. The van der Waals surface area contributed by atoms with Crippen molar-refractivity contribution in [3.8, 4) is 0 Å². The molecule has 0 saturated carbocycles. The smallest absolute Gasteiger partial charge is 0.330 e. The van der Waals surface area contributed by atoms with Crippen LogP contribution in [-0.4, -0.2) is 36.4 Å². The van der Waals surface area contributed by atoms with Crippen LogP contribution in [0, 0.1) is 0 Å². The van der Waals surface area contributed by atoms with Gasteiger partial charge in [0.15, 0.2) is 0 Å². The number of hydrogen-bond donors (Lipinski definition) is 1. The topological polar surface area (TPSA) is 72.8 Å². The predicted molar refractivity (Wildman–Crippen MR) is 85.3 cm³/mol. The summed E-state index contributed by atoms with van der Waals surface area (Å²) < 4.78 is 9.59. The van der Waals surface area contributed by atoms with Gasteiger partial charge in [0.1, 0.15) is 13.2 Å². The number of esters is 2. The third-order valence-corrected chi connectivity index (χ3v) is 3.32. The Kier molecular flexibility index (Phi) is 13.7. The summed E-state index contributed by atoms with van der Waals surface area (Å²) in [5.74, 6) is -0.858. The zero-order valence-electron chi connectivity index (χ0n) is 13.7. The molecule has 0 rings (SSSR count). The SMILES string of the molecule is C=CC(=O)OCCOC(=O)CCCC(O)CCCCCCC. The molecule has 22 heavy (non-hydrogen) atoms. The molecule has 0 amide bonds. The van der Waals surface area contributed by atoms with Gasteiger partial charge in [0.25, 0.3) is 0 Å². The molecule has 0 bridgehead atoms. The highest BCUT2D eigenvalue weighted by Gasteiger charge is 2.08. The molecule has 1 N–H and O–H groups in total. The Morgan fingerprint density at radius 2 is 1.68 bits per heavy atom. The lowest BCUT2D eigenvalue weighted by molar-refractivity contribution is -0.149. The first kappa shape index (κ1) is 20.6. The summed E-state index contributed by atoms with van der Waals surface area (Å²) in [4.78, 5) is 22.1. The van der Waals surface area contributed by atoms with E-state index in [1.165, 1.54) is 19.3 Å². The first-order chi connectivity index (χ1) is 10.6. The van der Waals surface area contributed by atoms with E-state index in [2.05, 4.69) is 18.2 Å². The molecule has 1 atom stereocenters. The van der Waals surface area contributed by atoms with Crippen LogP contribution in [0.1, 0.15) is 64.7 Å². The molecule has 128 valence electrons. The summed E-state index contributed by atoms with van der Waals surface area (Å²) in [5.41, 5.74) is 0. The van der Waals surface area contributed by atoms with Gasteiger partial charge in [-0.05, 0) is 19.3 Å². The van der Waals surface area contributed by atoms with Crippen LogP contribution in [0.3, 0.4) is 0 Å². The minimum Gasteiger partial charge on any atom is -0.462 e. The van der Waals surface area contributed by atoms with E-state index in [-0.39, 0.29) is 31.7 Å². The van der Waals surface area contributed by atoms with Crippen LogP contribution in [0.4, 0.5) is 0 Å². The molecular formula is C17H30O5. The predicted octanol–water partition coefficient (Wildman–Crippen LogP) is 3.15. The van der Waals surface area contributed by atoms with Crippen LogP contribution in [0.2, 0.25) is 0 Å². The van der Waals surface area contributed by atoms with Crippen molar-refractivity contribution in [2.24, 2.45) is 0 Å². The van der Waals surface area contributed by atoms with E-state index < -0.39 is 5.97 Å². The molecule has 0 aliphatic heterocycles. The number of carbonyl (C=O) groups excluding carboxylic acids is 2. The molecule has 0 aromatic rings. The van der Waals surface area contributed by atoms with E-state index in [9.17, 15) is 14.7 Å². The number of rotatable bonds is 14. The van der Waals surface area contributed by atoms with Crippen molar-refractivity contribution in [2.75, 3.05) is 13.2 Å². The summed E-state index contributed by atoms with van der Waals surface area (Å²) >= 11 is 0. The fourth-order valence-corrected chi connectivity index (χ4v) is 2.04. The third-order valence-electron chi connectivity index (χ3n) is 3.32. The van der Waals surface area contributed by atoms with Gasteiger partial charge >= 0.3 is 11.9 Å². The van der Waals surface area contributed by atoms with Crippen LogP contribution in [-0.2, 0) is 19.1 Å². The fourth-order valence-electron chi connectivity index (χ4n) is 2.04. The maximum absolute atomic E-state index is 11.4. The summed E-state index contributed by atoms with van der Waals surface area (Å²) in [6.07, 6.45) is 8.95. The highest BCUT2D eigenvalue weighted by Crippen LogP contribution is 2.11. The van der Waals surface area contributed by atoms with E-state index in [0.717, 1.165) is 25.3 Å². The number of unbranched alkanes of at least 4 members (excludes halogenated alkanes) is 4. The third kappa shape index (κ3) is 13.6. The van der Waals surface area contributed by atoms with Crippen molar-refractivity contribution in [1.29, 1.82) is 0 Å². The first-order valence-electron chi connectivity index (χ1n) is 8.23. The molecule has 0 saturated heterocycles. The normalized spacial score (nSPS) is 11.7. The van der Waals surface area contributed by atoms with Crippen LogP contribution in [0.25, 0.3) is 0 Å². The lowest BCUT2D eigenvalue weighted by atomic mass is 10.0. The van der Waals surface area contributed by atoms with Gasteiger partial charge in [0, 0.05) is 12.5 Å². The van der Waals surface area contributed by atoms with Crippen molar-refractivity contribution < 1.29 is 24.2 Å². The molecule has 0 aliphatic carbocycles. The lowest BCUT2D eigenvalue weighted by Gasteiger charge is -2.10. The molecule has 0 fully saturated rings. The summed E-state index contributed by atoms with van der Waals surface area (Å²) in [7, 11) is 0. The molecule has 0 heterocycles. The monoisotopic (exact) mass is 314 g/mol. The van der Waals surface area contributed by atoms with Gasteiger partial charge in [0.2, 0.25) is 0 Å². The number of aliphatic hydroxyl groups excluding tert-OH is 1. The minimum atomic E-state index is -0.530. The number of hydrogen-bond acceptors (Lipinski definition) is 5. The fraction of sp³-hybridized carbons (Fsp3) is 0.765. The second kappa shape index (κ2) is 14.6. The van der Waals surface area contributed by atoms with Crippen molar-refractivity contribution >= 4 is 11.9 Å². The number of carbonyl (C=O) groups is 2. The second-order valence-corrected chi connectivity index (χ2v) is 5.34. The van der Waals surface area contributed by atoms with Crippen molar-refractivity contribution in [3.63, 3.8) is 0 Å².